The van der Waals surface area contributed by atoms with Gasteiger partial charge in [0.1, 0.15) is 0 Å². The summed E-state index contributed by atoms with van der Waals surface area (Å²) >= 11 is 0. The first-order valence-electron chi connectivity index (χ1n) is 10.2. The Morgan fingerprint density at radius 2 is 1.65 bits per heavy atom. The highest BCUT2D eigenvalue weighted by Crippen LogP contribution is 2.34. The minimum Gasteiger partial charge on any atom is -0.399 e. The van der Waals surface area contributed by atoms with E-state index in [4.69, 9.17) is 5.73 Å². The van der Waals surface area contributed by atoms with Crippen LogP contribution in [0.3, 0.4) is 0 Å². The number of hydrogen-bond acceptors (Lipinski definition) is 3. The van der Waals surface area contributed by atoms with Crippen LogP contribution in [0.15, 0.2) is 24.3 Å². The summed E-state index contributed by atoms with van der Waals surface area (Å²) in [6.45, 7) is 5.45. The first-order chi connectivity index (χ1) is 12.2. The molecule has 3 nitrogen and oxygen atoms in total. The third-order valence-electron chi connectivity index (χ3n) is 5.88. The van der Waals surface area contributed by atoms with Crippen LogP contribution in [0.2, 0.25) is 0 Å². The van der Waals surface area contributed by atoms with E-state index in [1.54, 1.807) is 0 Å². The Labute approximate surface area is 160 Å². The van der Waals surface area contributed by atoms with Gasteiger partial charge in [0.25, 0.3) is 0 Å². The molecule has 1 aromatic rings. The van der Waals surface area contributed by atoms with Crippen molar-refractivity contribution in [2.75, 3.05) is 11.5 Å². The Balaban J connectivity index is 1.60. The van der Waals surface area contributed by atoms with Crippen molar-refractivity contribution >= 4 is 15.5 Å². The van der Waals surface area contributed by atoms with Crippen LogP contribution in [-0.2, 0) is 16.3 Å². The fraction of sp³-hybridized carbons (Fsp3) is 0.727. The average Bonchev–Trinajstić information content (AvgIpc) is 2.55. The highest BCUT2D eigenvalue weighted by molar-refractivity contribution is 7.92. The third kappa shape index (κ3) is 6.61. The summed E-state index contributed by atoms with van der Waals surface area (Å²) in [5.41, 5.74) is 8.01. The molecule has 26 heavy (non-hydrogen) atoms. The van der Waals surface area contributed by atoms with Gasteiger partial charge in [0.2, 0.25) is 0 Å². The van der Waals surface area contributed by atoms with Gasteiger partial charge < -0.3 is 5.73 Å². The SMILES string of the molecule is CC(C)(C)S(=O)(=O)CC1CCC(CCCCCc2cccc(N)c2)CC1. The summed E-state index contributed by atoms with van der Waals surface area (Å²) in [7, 11) is -2.98. The maximum Gasteiger partial charge on any atom is 0.155 e. The highest BCUT2D eigenvalue weighted by atomic mass is 32.2. The van der Waals surface area contributed by atoms with E-state index in [-0.39, 0.29) is 0 Å². The number of rotatable bonds is 8. The predicted molar refractivity (Wildman–Crippen MR) is 112 cm³/mol. The zero-order chi connectivity index (χ0) is 19.2. The van der Waals surface area contributed by atoms with E-state index in [1.807, 2.05) is 32.9 Å². The van der Waals surface area contributed by atoms with E-state index >= 15 is 0 Å². The maximum atomic E-state index is 12.4. The molecule has 2 N–H and O–H groups in total. The molecule has 1 saturated carbocycles. The lowest BCUT2D eigenvalue weighted by molar-refractivity contribution is 0.272. The number of hydrogen-bond donors (Lipinski definition) is 1. The van der Waals surface area contributed by atoms with E-state index < -0.39 is 14.6 Å². The molecule has 0 amide bonds. The lowest BCUT2D eigenvalue weighted by Gasteiger charge is -2.30. The second kappa shape index (κ2) is 9.25. The Morgan fingerprint density at radius 3 is 2.27 bits per heavy atom. The lowest BCUT2D eigenvalue weighted by Crippen LogP contribution is -2.34. The molecule has 1 aromatic carbocycles. The summed E-state index contributed by atoms with van der Waals surface area (Å²) < 4.78 is 24.1. The standard InChI is InChI=1S/C22H37NO2S/c1-22(2,3)26(24,25)17-20-14-12-18(13-15-20)8-5-4-6-9-19-10-7-11-21(23)16-19/h7,10-11,16,18,20H,4-6,8-9,12-15,17,23H2,1-3H3. The third-order valence-corrected chi connectivity index (χ3v) is 8.66. The molecule has 1 aliphatic rings. The molecule has 1 aliphatic carbocycles. The number of nitrogen functional groups attached to an aromatic ring is 1. The average molecular weight is 380 g/mol. The largest absolute Gasteiger partial charge is 0.399 e. The van der Waals surface area contributed by atoms with Crippen LogP contribution in [-0.4, -0.2) is 18.9 Å². The van der Waals surface area contributed by atoms with Crippen LogP contribution in [0.4, 0.5) is 5.69 Å². The van der Waals surface area contributed by atoms with Gasteiger partial charge in [0, 0.05) is 5.69 Å². The van der Waals surface area contributed by atoms with E-state index in [2.05, 4.69) is 12.1 Å². The van der Waals surface area contributed by atoms with Crippen LogP contribution in [0, 0.1) is 11.8 Å². The molecule has 0 saturated heterocycles. The topological polar surface area (TPSA) is 60.2 Å². The number of nitrogens with two attached hydrogens (primary N) is 1. The van der Waals surface area contributed by atoms with Crippen molar-refractivity contribution in [3.05, 3.63) is 29.8 Å². The zero-order valence-corrected chi connectivity index (χ0v) is 17.7. The van der Waals surface area contributed by atoms with Gasteiger partial charge in [-0.05, 0) is 76.0 Å². The van der Waals surface area contributed by atoms with Gasteiger partial charge >= 0.3 is 0 Å². The van der Waals surface area contributed by atoms with Gasteiger partial charge in [0.15, 0.2) is 9.84 Å². The zero-order valence-electron chi connectivity index (χ0n) is 16.8. The highest BCUT2D eigenvalue weighted by Gasteiger charge is 2.33. The van der Waals surface area contributed by atoms with Crippen molar-refractivity contribution in [1.82, 2.24) is 0 Å². The Bertz CT molecular complexity index is 653. The molecule has 0 unspecified atom stereocenters. The minimum absolute atomic E-state index is 0.374. The Morgan fingerprint density at radius 1 is 1.00 bits per heavy atom. The minimum atomic E-state index is -2.98. The van der Waals surface area contributed by atoms with Crippen molar-refractivity contribution in [2.45, 2.75) is 83.3 Å². The maximum absolute atomic E-state index is 12.4. The van der Waals surface area contributed by atoms with Gasteiger partial charge in [-0.3, -0.25) is 0 Å². The predicted octanol–water partition coefficient (Wildman–Crippen LogP) is 5.39. The van der Waals surface area contributed by atoms with Crippen molar-refractivity contribution < 1.29 is 8.42 Å². The smallest absolute Gasteiger partial charge is 0.155 e. The number of benzene rings is 1. The van der Waals surface area contributed by atoms with Crippen LogP contribution in [0.25, 0.3) is 0 Å². The van der Waals surface area contributed by atoms with Gasteiger partial charge in [-0.15, -0.1) is 0 Å². The van der Waals surface area contributed by atoms with E-state index in [1.165, 1.54) is 44.1 Å². The number of sulfone groups is 1. The summed E-state index contributed by atoms with van der Waals surface area (Å²) in [5, 5.41) is 0. The molecule has 1 fully saturated rings. The fourth-order valence-corrected chi connectivity index (χ4v) is 5.39. The molecule has 0 radical (unpaired) electrons. The van der Waals surface area contributed by atoms with E-state index in [0.717, 1.165) is 30.9 Å². The van der Waals surface area contributed by atoms with Crippen molar-refractivity contribution in [2.24, 2.45) is 11.8 Å². The van der Waals surface area contributed by atoms with Crippen molar-refractivity contribution in [1.29, 1.82) is 0 Å². The second-order valence-corrected chi connectivity index (χ2v) is 11.9. The second-order valence-electron chi connectivity index (χ2n) is 9.12. The van der Waals surface area contributed by atoms with Gasteiger partial charge in [0.05, 0.1) is 10.5 Å². The summed E-state index contributed by atoms with van der Waals surface area (Å²) in [6, 6.07) is 8.20. The van der Waals surface area contributed by atoms with E-state index in [0.29, 0.717) is 11.7 Å². The number of anilines is 1. The van der Waals surface area contributed by atoms with Gasteiger partial charge in [-0.25, -0.2) is 8.42 Å². The monoisotopic (exact) mass is 379 g/mol. The first kappa shape index (κ1) is 21.3. The summed E-state index contributed by atoms with van der Waals surface area (Å²) in [4.78, 5) is 0. The summed E-state index contributed by atoms with van der Waals surface area (Å²) in [5.74, 6) is 1.55. The summed E-state index contributed by atoms with van der Waals surface area (Å²) in [6.07, 6.45) is 10.8. The molecule has 0 bridgehead atoms. The van der Waals surface area contributed by atoms with Crippen LogP contribution >= 0.6 is 0 Å². The molecular formula is C22H37NO2S. The van der Waals surface area contributed by atoms with Gasteiger partial charge in [-0.1, -0.05) is 44.2 Å². The first-order valence-corrected chi connectivity index (χ1v) is 11.9. The molecular weight excluding hydrogens is 342 g/mol. The molecule has 2 rings (SSSR count). The van der Waals surface area contributed by atoms with E-state index in [9.17, 15) is 8.42 Å². The number of unbranched alkanes of at least 4 members (excludes halogenated alkanes) is 2. The Kier molecular flexibility index (Phi) is 7.57. The normalized spacial score (nSPS) is 21.7. The molecule has 0 aliphatic heterocycles. The van der Waals surface area contributed by atoms with Gasteiger partial charge in [-0.2, -0.15) is 0 Å². The molecule has 148 valence electrons. The van der Waals surface area contributed by atoms with Crippen molar-refractivity contribution in [3.8, 4) is 0 Å². The quantitative estimate of drug-likeness (QED) is 0.486. The van der Waals surface area contributed by atoms with Crippen LogP contribution < -0.4 is 5.73 Å². The molecule has 0 aromatic heterocycles. The fourth-order valence-electron chi connectivity index (χ4n) is 3.93. The molecule has 0 heterocycles. The van der Waals surface area contributed by atoms with Crippen LogP contribution in [0.5, 0.6) is 0 Å². The van der Waals surface area contributed by atoms with Crippen molar-refractivity contribution in [3.63, 3.8) is 0 Å². The van der Waals surface area contributed by atoms with Crippen LogP contribution in [0.1, 0.15) is 77.7 Å². The Hall–Kier alpha value is -1.03. The molecule has 0 spiro atoms. The molecule has 4 heteroatoms. The molecule has 0 atom stereocenters. The lowest BCUT2D eigenvalue weighted by atomic mass is 9.80. The number of aryl methyl sites for hydroxylation is 1.